The molecule has 1 aliphatic heterocycles. The summed E-state index contributed by atoms with van der Waals surface area (Å²) in [5.41, 5.74) is 0.321. The summed E-state index contributed by atoms with van der Waals surface area (Å²) in [4.78, 5) is 14.1. The fourth-order valence-corrected chi connectivity index (χ4v) is 4.44. The predicted molar refractivity (Wildman–Crippen MR) is 88.3 cm³/mol. The molecule has 0 atom stereocenters. The van der Waals surface area contributed by atoms with Gasteiger partial charge in [-0.15, -0.1) is 0 Å². The van der Waals surface area contributed by atoms with Gasteiger partial charge >= 0.3 is 0 Å². The van der Waals surface area contributed by atoms with E-state index >= 15 is 0 Å². The van der Waals surface area contributed by atoms with Crippen LogP contribution in [0.4, 0.5) is 0 Å². The van der Waals surface area contributed by atoms with Gasteiger partial charge in [0.2, 0.25) is 10.0 Å². The quantitative estimate of drug-likeness (QED) is 0.803. The van der Waals surface area contributed by atoms with Gasteiger partial charge in [-0.2, -0.15) is 4.31 Å². The molecule has 0 spiro atoms. The highest BCUT2D eigenvalue weighted by atomic mass is 35.5. The molecule has 0 aliphatic carbocycles. The number of sulfonamides is 1. The minimum atomic E-state index is -3.71. The van der Waals surface area contributed by atoms with Gasteiger partial charge in [-0.05, 0) is 18.2 Å². The Bertz CT molecular complexity index is 668. The van der Waals surface area contributed by atoms with Gasteiger partial charge in [0.05, 0.1) is 18.2 Å². The van der Waals surface area contributed by atoms with Crippen LogP contribution in [-0.4, -0.2) is 62.9 Å². The Balaban J connectivity index is 2.37. The zero-order valence-corrected chi connectivity index (χ0v) is 14.9. The largest absolute Gasteiger partial charge is 0.378 e. The second kappa shape index (κ2) is 7.61. The van der Waals surface area contributed by atoms with Gasteiger partial charge in [0.25, 0.3) is 5.91 Å². The lowest BCUT2D eigenvalue weighted by Crippen LogP contribution is -2.40. The van der Waals surface area contributed by atoms with E-state index in [2.05, 4.69) is 0 Å². The number of ether oxygens (including phenoxy) is 1. The number of rotatable bonds is 5. The van der Waals surface area contributed by atoms with Gasteiger partial charge < -0.3 is 9.64 Å². The van der Waals surface area contributed by atoms with E-state index in [0.717, 1.165) is 0 Å². The number of halogens is 1. The van der Waals surface area contributed by atoms with E-state index < -0.39 is 10.0 Å². The summed E-state index contributed by atoms with van der Waals surface area (Å²) in [6.07, 6.45) is 0. The van der Waals surface area contributed by atoms with Crippen molar-refractivity contribution in [2.45, 2.75) is 18.7 Å². The minimum absolute atomic E-state index is 0.0259. The average Bonchev–Trinajstić information content (AvgIpc) is 2.56. The third kappa shape index (κ3) is 3.85. The van der Waals surface area contributed by atoms with Gasteiger partial charge in [-0.3, -0.25) is 4.79 Å². The van der Waals surface area contributed by atoms with Gasteiger partial charge in [-0.1, -0.05) is 25.4 Å². The Labute approximate surface area is 142 Å². The highest BCUT2D eigenvalue weighted by molar-refractivity contribution is 7.89. The fourth-order valence-electron chi connectivity index (χ4n) is 2.49. The first-order chi connectivity index (χ1) is 10.9. The first-order valence-corrected chi connectivity index (χ1v) is 9.40. The topological polar surface area (TPSA) is 66.9 Å². The van der Waals surface area contributed by atoms with Crippen molar-refractivity contribution < 1.29 is 17.9 Å². The molecule has 1 heterocycles. The lowest BCUT2D eigenvalue weighted by atomic mass is 10.2. The number of morpholine rings is 1. The van der Waals surface area contributed by atoms with Crippen molar-refractivity contribution in [1.82, 2.24) is 9.21 Å². The summed E-state index contributed by atoms with van der Waals surface area (Å²) < 4.78 is 31.9. The van der Waals surface area contributed by atoms with Crippen molar-refractivity contribution in [3.05, 3.63) is 28.8 Å². The molecule has 0 radical (unpaired) electrons. The monoisotopic (exact) mass is 360 g/mol. The van der Waals surface area contributed by atoms with Crippen LogP contribution in [-0.2, 0) is 14.8 Å². The molecule has 1 saturated heterocycles. The lowest BCUT2D eigenvalue weighted by Gasteiger charge is -2.27. The molecule has 0 N–H and O–H groups in total. The zero-order valence-electron chi connectivity index (χ0n) is 13.3. The molecule has 1 aromatic carbocycles. The molecule has 2 rings (SSSR count). The van der Waals surface area contributed by atoms with Crippen molar-refractivity contribution >= 4 is 27.5 Å². The highest BCUT2D eigenvalue weighted by Gasteiger charge is 2.27. The average molecular weight is 361 g/mol. The van der Waals surface area contributed by atoms with Gasteiger partial charge in [-0.25, -0.2) is 8.42 Å². The molecule has 1 fully saturated rings. The summed E-state index contributed by atoms with van der Waals surface area (Å²) in [5.74, 6) is -0.207. The Morgan fingerprint density at radius 2 is 1.87 bits per heavy atom. The SMILES string of the molecule is CCN(CC)S(=O)(=O)c1cc(C(=O)N2CCOCC2)ccc1Cl. The third-order valence-electron chi connectivity index (χ3n) is 3.80. The van der Waals surface area contributed by atoms with E-state index in [1.165, 1.54) is 16.4 Å². The molecule has 0 bridgehead atoms. The molecule has 1 aliphatic rings. The second-order valence-corrected chi connectivity index (χ2v) is 7.45. The molecule has 6 nitrogen and oxygen atoms in total. The van der Waals surface area contributed by atoms with Crippen LogP contribution in [0.15, 0.2) is 23.1 Å². The number of amides is 1. The number of carbonyl (C=O) groups is 1. The molecule has 0 saturated carbocycles. The molecular weight excluding hydrogens is 340 g/mol. The third-order valence-corrected chi connectivity index (χ3v) is 6.33. The second-order valence-electron chi connectivity index (χ2n) is 5.14. The molecule has 128 valence electrons. The molecule has 0 aromatic heterocycles. The van der Waals surface area contributed by atoms with Crippen molar-refractivity contribution in [1.29, 1.82) is 0 Å². The number of nitrogens with zero attached hydrogens (tertiary/aromatic N) is 2. The van der Waals surface area contributed by atoms with Crippen LogP contribution in [0.3, 0.4) is 0 Å². The van der Waals surface area contributed by atoms with Crippen molar-refractivity contribution in [2.75, 3.05) is 39.4 Å². The lowest BCUT2D eigenvalue weighted by molar-refractivity contribution is 0.0302. The van der Waals surface area contributed by atoms with Gasteiger partial charge in [0.15, 0.2) is 0 Å². The fraction of sp³-hybridized carbons (Fsp3) is 0.533. The Morgan fingerprint density at radius 1 is 1.26 bits per heavy atom. The normalized spacial score (nSPS) is 15.9. The van der Waals surface area contributed by atoms with E-state index in [4.69, 9.17) is 16.3 Å². The number of hydrogen-bond donors (Lipinski definition) is 0. The number of benzene rings is 1. The van der Waals surface area contributed by atoms with Gasteiger partial charge in [0, 0.05) is 31.7 Å². The van der Waals surface area contributed by atoms with Crippen LogP contribution in [0.2, 0.25) is 5.02 Å². The highest BCUT2D eigenvalue weighted by Crippen LogP contribution is 2.26. The van der Waals surface area contributed by atoms with Crippen LogP contribution in [0, 0.1) is 0 Å². The Kier molecular flexibility index (Phi) is 6.02. The van der Waals surface area contributed by atoms with Crippen LogP contribution < -0.4 is 0 Å². The first kappa shape index (κ1) is 18.2. The van der Waals surface area contributed by atoms with Crippen LogP contribution in [0.5, 0.6) is 0 Å². The predicted octanol–water partition coefficient (Wildman–Crippen LogP) is 1.84. The Morgan fingerprint density at radius 3 is 2.43 bits per heavy atom. The van der Waals surface area contributed by atoms with Crippen molar-refractivity contribution in [3.63, 3.8) is 0 Å². The molecule has 1 amide bonds. The maximum Gasteiger partial charge on any atom is 0.254 e. The molecule has 8 heteroatoms. The van der Waals surface area contributed by atoms with E-state index in [0.29, 0.717) is 45.0 Å². The van der Waals surface area contributed by atoms with E-state index in [9.17, 15) is 13.2 Å². The number of hydrogen-bond acceptors (Lipinski definition) is 4. The smallest absolute Gasteiger partial charge is 0.254 e. The number of carbonyl (C=O) groups excluding carboxylic acids is 1. The van der Waals surface area contributed by atoms with Crippen LogP contribution in [0.1, 0.15) is 24.2 Å². The zero-order chi connectivity index (χ0) is 17.0. The summed E-state index contributed by atoms with van der Waals surface area (Å²) in [5, 5.41) is 0.121. The standard InChI is InChI=1S/C15H21ClN2O4S/c1-3-18(4-2)23(20,21)14-11-12(5-6-13(14)16)15(19)17-7-9-22-10-8-17/h5-6,11H,3-4,7-10H2,1-2H3. The Hall–Kier alpha value is -1.15. The van der Waals surface area contributed by atoms with Crippen molar-refractivity contribution in [2.24, 2.45) is 0 Å². The summed E-state index contributed by atoms with van der Waals surface area (Å²) >= 11 is 6.08. The van der Waals surface area contributed by atoms with E-state index in [1.54, 1.807) is 24.8 Å². The molecule has 23 heavy (non-hydrogen) atoms. The maximum atomic E-state index is 12.7. The summed E-state index contributed by atoms with van der Waals surface area (Å²) in [6, 6.07) is 4.39. The molecule has 1 aromatic rings. The van der Waals surface area contributed by atoms with Crippen LogP contribution >= 0.6 is 11.6 Å². The van der Waals surface area contributed by atoms with Gasteiger partial charge in [0.1, 0.15) is 4.90 Å². The molecular formula is C15H21ClN2O4S. The molecule has 0 unspecified atom stereocenters. The maximum absolute atomic E-state index is 12.7. The summed E-state index contributed by atoms with van der Waals surface area (Å²) in [7, 11) is -3.71. The van der Waals surface area contributed by atoms with Crippen molar-refractivity contribution in [3.8, 4) is 0 Å². The minimum Gasteiger partial charge on any atom is -0.378 e. The van der Waals surface area contributed by atoms with Crippen LogP contribution in [0.25, 0.3) is 0 Å². The summed E-state index contributed by atoms with van der Waals surface area (Å²) in [6.45, 7) is 6.19. The van der Waals surface area contributed by atoms with E-state index in [-0.39, 0.29) is 15.8 Å². The van der Waals surface area contributed by atoms with E-state index in [1.807, 2.05) is 0 Å². The first-order valence-electron chi connectivity index (χ1n) is 7.58.